The van der Waals surface area contributed by atoms with Crippen LogP contribution in [-0.4, -0.2) is 43.5 Å². The Morgan fingerprint density at radius 3 is 2.62 bits per heavy atom. The molecule has 0 radical (unpaired) electrons. The Morgan fingerprint density at radius 1 is 1.31 bits per heavy atom. The van der Waals surface area contributed by atoms with Crippen molar-refractivity contribution in [2.45, 2.75) is 25.9 Å². The van der Waals surface area contributed by atoms with Crippen molar-refractivity contribution in [3.8, 4) is 0 Å². The van der Waals surface area contributed by atoms with Crippen molar-refractivity contribution in [2.24, 2.45) is 0 Å². The van der Waals surface area contributed by atoms with Gasteiger partial charge in [0.15, 0.2) is 0 Å². The van der Waals surface area contributed by atoms with Crippen LogP contribution in [0.25, 0.3) is 0 Å². The van der Waals surface area contributed by atoms with Gasteiger partial charge >= 0.3 is 0 Å². The first-order valence-corrected chi connectivity index (χ1v) is 11.0. The van der Waals surface area contributed by atoms with Crippen molar-refractivity contribution in [1.29, 1.82) is 0 Å². The standard InChI is InChI=1S/C19H20ClN3O5S/c1-12-8-14-9-13(4-7-18(14)22(12)29(3,27)28)19(24)21(2)11-15-10-16(23(25)26)5-6-17(15)20/h4-7,9-10,12H,8,11H2,1-3H3. The summed E-state index contributed by atoms with van der Waals surface area (Å²) in [6.45, 7) is 1.92. The third kappa shape index (κ3) is 4.20. The van der Waals surface area contributed by atoms with Crippen molar-refractivity contribution in [3.63, 3.8) is 0 Å². The van der Waals surface area contributed by atoms with Gasteiger partial charge < -0.3 is 4.90 Å². The topological polar surface area (TPSA) is 101 Å². The number of nitro benzene ring substituents is 1. The lowest BCUT2D eigenvalue weighted by molar-refractivity contribution is -0.384. The molecule has 0 fully saturated rings. The summed E-state index contributed by atoms with van der Waals surface area (Å²) in [5, 5.41) is 11.3. The molecule has 0 N–H and O–H groups in total. The van der Waals surface area contributed by atoms with Gasteiger partial charge in [0, 0.05) is 42.4 Å². The molecule has 0 bridgehead atoms. The largest absolute Gasteiger partial charge is 0.337 e. The van der Waals surface area contributed by atoms with Crippen molar-refractivity contribution in [3.05, 3.63) is 68.2 Å². The first-order valence-electron chi connectivity index (χ1n) is 8.79. The van der Waals surface area contributed by atoms with E-state index in [0.717, 1.165) is 11.8 Å². The molecular formula is C19H20ClN3O5S. The maximum Gasteiger partial charge on any atom is 0.269 e. The van der Waals surface area contributed by atoms with Crippen LogP contribution in [0.1, 0.15) is 28.4 Å². The van der Waals surface area contributed by atoms with Gasteiger partial charge in [-0.2, -0.15) is 0 Å². The minimum Gasteiger partial charge on any atom is -0.337 e. The van der Waals surface area contributed by atoms with Crippen molar-refractivity contribution >= 4 is 38.9 Å². The number of nitro groups is 1. The summed E-state index contributed by atoms with van der Waals surface area (Å²) >= 11 is 6.12. The molecule has 1 atom stereocenters. The molecule has 8 nitrogen and oxygen atoms in total. The molecule has 0 aromatic heterocycles. The number of rotatable bonds is 5. The molecule has 0 saturated heterocycles. The van der Waals surface area contributed by atoms with Gasteiger partial charge in [-0.1, -0.05) is 11.6 Å². The van der Waals surface area contributed by atoms with Gasteiger partial charge in [-0.15, -0.1) is 0 Å². The predicted molar refractivity (Wildman–Crippen MR) is 111 cm³/mol. The number of fused-ring (bicyclic) bond motifs is 1. The van der Waals surface area contributed by atoms with Crippen LogP contribution in [0.15, 0.2) is 36.4 Å². The number of nitrogens with zero attached hydrogens (tertiary/aromatic N) is 3. The average Bonchev–Trinajstić information content (AvgIpc) is 2.97. The van der Waals surface area contributed by atoms with Gasteiger partial charge in [-0.05, 0) is 48.7 Å². The Hall–Kier alpha value is -2.65. The maximum absolute atomic E-state index is 12.9. The molecule has 1 aliphatic rings. The minimum atomic E-state index is -3.40. The molecule has 1 aliphatic heterocycles. The summed E-state index contributed by atoms with van der Waals surface area (Å²) in [5.74, 6) is -0.291. The molecule has 10 heteroatoms. The van der Waals surface area contributed by atoms with Crippen LogP contribution in [0.3, 0.4) is 0 Å². The number of halogens is 1. The predicted octanol–water partition coefficient (Wildman–Crippen LogP) is 3.23. The van der Waals surface area contributed by atoms with Crippen LogP contribution in [0.4, 0.5) is 11.4 Å². The van der Waals surface area contributed by atoms with Crippen molar-refractivity contribution in [1.82, 2.24) is 4.90 Å². The number of benzene rings is 2. The number of hydrogen-bond donors (Lipinski definition) is 0. The molecule has 1 heterocycles. The van der Waals surface area contributed by atoms with Crippen LogP contribution in [0.2, 0.25) is 5.02 Å². The highest BCUT2D eigenvalue weighted by Crippen LogP contribution is 2.35. The number of carbonyl (C=O) groups excluding carboxylic acids is 1. The SMILES string of the molecule is CC1Cc2cc(C(=O)N(C)Cc3cc([N+](=O)[O-])ccc3Cl)ccc2N1S(C)(=O)=O. The fourth-order valence-corrected chi connectivity index (χ4v) is 5.03. The highest BCUT2D eigenvalue weighted by atomic mass is 35.5. The zero-order valence-electron chi connectivity index (χ0n) is 16.1. The quantitative estimate of drug-likeness (QED) is 0.528. The number of amides is 1. The molecule has 1 amide bonds. The third-order valence-corrected chi connectivity index (χ3v) is 6.47. The highest BCUT2D eigenvalue weighted by Gasteiger charge is 2.33. The molecule has 3 rings (SSSR count). The molecule has 0 spiro atoms. The molecule has 2 aromatic carbocycles. The Kier molecular flexibility index (Phi) is 5.55. The van der Waals surface area contributed by atoms with Crippen LogP contribution >= 0.6 is 11.6 Å². The lowest BCUT2D eigenvalue weighted by Gasteiger charge is -2.22. The summed E-state index contributed by atoms with van der Waals surface area (Å²) in [7, 11) is -1.82. The summed E-state index contributed by atoms with van der Waals surface area (Å²) in [6.07, 6.45) is 1.68. The smallest absolute Gasteiger partial charge is 0.269 e. The molecule has 154 valence electrons. The Labute approximate surface area is 173 Å². The summed E-state index contributed by atoms with van der Waals surface area (Å²) in [4.78, 5) is 24.7. The second kappa shape index (κ2) is 7.64. The van der Waals surface area contributed by atoms with E-state index >= 15 is 0 Å². The summed E-state index contributed by atoms with van der Waals surface area (Å²) in [5.41, 5.74) is 2.15. The van der Waals surface area contributed by atoms with Gasteiger partial charge in [0.05, 0.1) is 16.9 Å². The number of non-ortho nitro benzene ring substituents is 1. The maximum atomic E-state index is 12.9. The Balaban J connectivity index is 1.84. The fourth-order valence-electron chi connectivity index (χ4n) is 3.58. The van der Waals surface area contributed by atoms with E-state index in [1.807, 2.05) is 6.92 Å². The molecule has 1 unspecified atom stereocenters. The number of sulfonamides is 1. The second-order valence-corrected chi connectivity index (χ2v) is 9.42. The van der Waals surface area contributed by atoms with E-state index < -0.39 is 14.9 Å². The van der Waals surface area contributed by atoms with Gasteiger partial charge in [-0.25, -0.2) is 8.42 Å². The second-order valence-electron chi connectivity index (χ2n) is 7.15. The number of anilines is 1. The Morgan fingerprint density at radius 2 is 2.00 bits per heavy atom. The van der Waals surface area contributed by atoms with Gasteiger partial charge in [-0.3, -0.25) is 19.2 Å². The van der Waals surface area contributed by atoms with Crippen molar-refractivity contribution < 1.29 is 18.1 Å². The number of carbonyl (C=O) groups is 1. The highest BCUT2D eigenvalue weighted by molar-refractivity contribution is 7.92. The molecule has 0 aliphatic carbocycles. The molecular weight excluding hydrogens is 418 g/mol. The van der Waals surface area contributed by atoms with Gasteiger partial charge in [0.25, 0.3) is 11.6 Å². The van der Waals surface area contributed by atoms with Crippen molar-refractivity contribution in [2.75, 3.05) is 17.6 Å². The van der Waals surface area contributed by atoms with Gasteiger partial charge in [0.2, 0.25) is 10.0 Å². The van der Waals surface area contributed by atoms with E-state index in [0.29, 0.717) is 28.3 Å². The first kappa shape index (κ1) is 21.1. The van der Waals surface area contributed by atoms with E-state index in [4.69, 9.17) is 11.6 Å². The summed E-state index contributed by atoms with van der Waals surface area (Å²) < 4.78 is 25.4. The average molecular weight is 438 g/mol. The zero-order chi connectivity index (χ0) is 21.5. The van der Waals surface area contributed by atoms with Crippen LogP contribution in [0, 0.1) is 10.1 Å². The molecule has 29 heavy (non-hydrogen) atoms. The lowest BCUT2D eigenvalue weighted by atomic mass is 10.1. The normalized spacial score (nSPS) is 15.9. The van der Waals surface area contributed by atoms with Crippen LogP contribution in [-0.2, 0) is 23.0 Å². The molecule has 0 saturated carbocycles. The fraction of sp³-hybridized carbons (Fsp3) is 0.316. The van der Waals surface area contributed by atoms with E-state index in [-0.39, 0.29) is 24.2 Å². The monoisotopic (exact) mass is 437 g/mol. The van der Waals surface area contributed by atoms with Crippen LogP contribution in [0.5, 0.6) is 0 Å². The van der Waals surface area contributed by atoms with E-state index in [1.54, 1.807) is 25.2 Å². The third-order valence-electron chi connectivity index (χ3n) is 4.83. The molecule has 2 aromatic rings. The van der Waals surface area contributed by atoms with Gasteiger partial charge in [0.1, 0.15) is 0 Å². The minimum absolute atomic E-state index is 0.0994. The summed E-state index contributed by atoms with van der Waals surface area (Å²) in [6, 6.07) is 8.80. The number of hydrogen-bond acceptors (Lipinski definition) is 5. The van der Waals surface area contributed by atoms with E-state index in [1.165, 1.54) is 27.4 Å². The zero-order valence-corrected chi connectivity index (χ0v) is 17.7. The first-order chi connectivity index (χ1) is 13.5. The van der Waals surface area contributed by atoms with Crippen LogP contribution < -0.4 is 4.31 Å². The Bertz CT molecular complexity index is 1100. The lowest BCUT2D eigenvalue weighted by Crippen LogP contribution is -2.34. The van der Waals surface area contributed by atoms with E-state index in [2.05, 4.69) is 0 Å². The van der Waals surface area contributed by atoms with E-state index in [9.17, 15) is 23.3 Å².